The number of H-pyrrole nitrogens is 1. The molecule has 4 rings (SSSR count). The quantitative estimate of drug-likeness (QED) is 0.602. The highest BCUT2D eigenvalue weighted by molar-refractivity contribution is 6.02. The van der Waals surface area contributed by atoms with Crippen molar-refractivity contribution in [1.29, 1.82) is 0 Å². The summed E-state index contributed by atoms with van der Waals surface area (Å²) in [5.74, 6) is -0.333. The van der Waals surface area contributed by atoms with Gasteiger partial charge in [0.1, 0.15) is 11.6 Å². The Morgan fingerprint density at radius 3 is 2.84 bits per heavy atom. The first kappa shape index (κ1) is 15.1. The maximum absolute atomic E-state index is 12.6. The molecule has 0 spiro atoms. The van der Waals surface area contributed by atoms with E-state index in [0.717, 1.165) is 15.6 Å². The molecule has 25 heavy (non-hydrogen) atoms. The number of rotatable bonds is 3. The fourth-order valence-electron chi connectivity index (χ4n) is 2.80. The van der Waals surface area contributed by atoms with E-state index in [2.05, 4.69) is 20.6 Å². The molecule has 0 radical (unpaired) electrons. The van der Waals surface area contributed by atoms with Crippen molar-refractivity contribution in [3.8, 4) is 0 Å². The van der Waals surface area contributed by atoms with Crippen molar-refractivity contribution >= 4 is 33.4 Å². The van der Waals surface area contributed by atoms with Crippen LogP contribution in [0, 0.1) is 0 Å². The number of aromatic amines is 1. The van der Waals surface area contributed by atoms with E-state index in [1.54, 1.807) is 31.2 Å². The van der Waals surface area contributed by atoms with Gasteiger partial charge in [0.25, 0.3) is 5.56 Å². The van der Waals surface area contributed by atoms with Crippen LogP contribution in [0.3, 0.4) is 0 Å². The van der Waals surface area contributed by atoms with Gasteiger partial charge in [-0.2, -0.15) is 4.68 Å². The maximum atomic E-state index is 12.6. The summed E-state index contributed by atoms with van der Waals surface area (Å²) in [6.07, 6.45) is 1.81. The molecule has 0 aliphatic rings. The van der Waals surface area contributed by atoms with Gasteiger partial charge in [0.15, 0.2) is 0 Å². The van der Waals surface area contributed by atoms with Gasteiger partial charge in [0.05, 0.1) is 11.1 Å². The monoisotopic (exact) mass is 333 g/mol. The van der Waals surface area contributed by atoms with E-state index in [4.69, 9.17) is 0 Å². The third-order valence-electron chi connectivity index (χ3n) is 4.19. The van der Waals surface area contributed by atoms with Crippen LogP contribution in [0.1, 0.15) is 13.0 Å². The summed E-state index contributed by atoms with van der Waals surface area (Å²) in [7, 11) is 0. The van der Waals surface area contributed by atoms with Crippen LogP contribution in [0.5, 0.6) is 0 Å². The second kappa shape index (κ2) is 5.86. The number of fused-ring (bicyclic) bond motifs is 2. The number of benzene rings is 2. The molecule has 2 aromatic carbocycles. The number of aromatic nitrogens is 4. The average molecular weight is 333 g/mol. The molecular formula is C18H15N5O2. The summed E-state index contributed by atoms with van der Waals surface area (Å²) in [6, 6.07) is 13.6. The molecule has 124 valence electrons. The van der Waals surface area contributed by atoms with E-state index in [1.165, 1.54) is 0 Å². The molecule has 2 N–H and O–H groups in total. The van der Waals surface area contributed by atoms with Crippen molar-refractivity contribution in [2.24, 2.45) is 0 Å². The summed E-state index contributed by atoms with van der Waals surface area (Å²) in [6.45, 7) is 1.62. The smallest absolute Gasteiger partial charge is 0.278 e. The summed E-state index contributed by atoms with van der Waals surface area (Å²) in [5, 5.41) is 12.1. The predicted octanol–water partition coefficient (Wildman–Crippen LogP) is 2.47. The first-order valence-corrected chi connectivity index (χ1v) is 7.86. The lowest BCUT2D eigenvalue weighted by Gasteiger charge is -2.14. The Morgan fingerprint density at radius 2 is 1.96 bits per heavy atom. The van der Waals surface area contributed by atoms with Crippen LogP contribution in [0.4, 0.5) is 5.69 Å². The summed E-state index contributed by atoms with van der Waals surface area (Å²) < 4.78 is 1.11. The predicted molar refractivity (Wildman–Crippen MR) is 95.4 cm³/mol. The lowest BCUT2D eigenvalue weighted by atomic mass is 10.2. The summed E-state index contributed by atoms with van der Waals surface area (Å²) in [5.41, 5.74) is 1.77. The van der Waals surface area contributed by atoms with E-state index in [9.17, 15) is 9.59 Å². The van der Waals surface area contributed by atoms with E-state index in [-0.39, 0.29) is 11.5 Å². The minimum absolute atomic E-state index is 0.333. The van der Waals surface area contributed by atoms with E-state index < -0.39 is 6.04 Å². The van der Waals surface area contributed by atoms with Gasteiger partial charge in [0.2, 0.25) is 5.91 Å². The van der Waals surface area contributed by atoms with Crippen LogP contribution in [0.15, 0.2) is 59.5 Å². The van der Waals surface area contributed by atoms with Gasteiger partial charge >= 0.3 is 0 Å². The van der Waals surface area contributed by atoms with Gasteiger partial charge < -0.3 is 10.3 Å². The minimum atomic E-state index is -0.793. The minimum Gasteiger partial charge on any atom is -0.361 e. The third kappa shape index (κ3) is 2.55. The van der Waals surface area contributed by atoms with E-state index in [0.29, 0.717) is 16.6 Å². The number of carbonyl (C=O) groups excluding carboxylic acids is 1. The van der Waals surface area contributed by atoms with Crippen LogP contribution in [0.25, 0.3) is 21.8 Å². The molecule has 4 aromatic rings. The van der Waals surface area contributed by atoms with Crippen LogP contribution in [0.2, 0.25) is 0 Å². The first-order chi connectivity index (χ1) is 12.1. The fourth-order valence-corrected chi connectivity index (χ4v) is 2.80. The zero-order chi connectivity index (χ0) is 17.4. The van der Waals surface area contributed by atoms with Gasteiger partial charge in [0, 0.05) is 17.1 Å². The lowest BCUT2D eigenvalue weighted by Crippen LogP contribution is -2.34. The first-order valence-electron chi connectivity index (χ1n) is 7.86. The molecule has 7 nitrogen and oxygen atoms in total. The number of carbonyl (C=O) groups is 1. The Balaban J connectivity index is 1.68. The second-order valence-corrected chi connectivity index (χ2v) is 5.77. The number of nitrogens with one attached hydrogen (secondary N) is 2. The molecular weight excluding hydrogens is 318 g/mol. The van der Waals surface area contributed by atoms with Gasteiger partial charge in [-0.25, -0.2) is 0 Å². The number of nitrogens with zero attached hydrogens (tertiary/aromatic N) is 3. The average Bonchev–Trinajstić information content (AvgIpc) is 3.11. The zero-order valence-corrected chi connectivity index (χ0v) is 13.4. The van der Waals surface area contributed by atoms with Crippen molar-refractivity contribution in [1.82, 2.24) is 20.0 Å². The van der Waals surface area contributed by atoms with Crippen molar-refractivity contribution in [2.75, 3.05) is 5.32 Å². The molecule has 0 aliphatic carbocycles. The van der Waals surface area contributed by atoms with Crippen LogP contribution in [-0.2, 0) is 4.79 Å². The molecule has 2 heterocycles. The second-order valence-electron chi connectivity index (χ2n) is 5.77. The molecule has 7 heteroatoms. The third-order valence-corrected chi connectivity index (χ3v) is 4.19. The molecule has 1 amide bonds. The van der Waals surface area contributed by atoms with Crippen LogP contribution >= 0.6 is 0 Å². The Labute approximate surface area is 142 Å². The SMILES string of the molecule is C[C@@H](C(=O)Nc1cccc2[nH]ccc12)n1nnc2ccccc2c1=O. The number of hydrogen-bond acceptors (Lipinski definition) is 4. The highest BCUT2D eigenvalue weighted by Gasteiger charge is 2.20. The van der Waals surface area contributed by atoms with Gasteiger partial charge in [-0.3, -0.25) is 9.59 Å². The molecule has 0 bridgehead atoms. The Hall–Kier alpha value is -3.48. The number of amides is 1. The largest absolute Gasteiger partial charge is 0.361 e. The van der Waals surface area contributed by atoms with Gasteiger partial charge in [-0.05, 0) is 37.3 Å². The molecule has 0 saturated carbocycles. The lowest BCUT2D eigenvalue weighted by molar-refractivity contribution is -0.119. The molecule has 0 aliphatic heterocycles. The summed E-state index contributed by atoms with van der Waals surface area (Å²) in [4.78, 5) is 28.3. The topological polar surface area (TPSA) is 92.7 Å². The number of anilines is 1. The highest BCUT2D eigenvalue weighted by Crippen LogP contribution is 2.23. The van der Waals surface area contributed by atoms with E-state index in [1.807, 2.05) is 30.5 Å². The Kier molecular flexibility index (Phi) is 3.53. The standard InChI is InChI=1S/C18H15N5O2/c1-11(23-18(25)13-5-2-3-6-16(13)21-22-23)17(24)20-15-8-4-7-14-12(15)9-10-19-14/h2-11,19H,1H3,(H,20,24)/t11-/m0/s1. The molecule has 1 atom stereocenters. The zero-order valence-electron chi connectivity index (χ0n) is 13.4. The highest BCUT2D eigenvalue weighted by atomic mass is 16.2. The van der Waals surface area contributed by atoms with Crippen molar-refractivity contribution in [3.05, 3.63) is 65.1 Å². The summed E-state index contributed by atoms with van der Waals surface area (Å²) >= 11 is 0. The van der Waals surface area contributed by atoms with Gasteiger partial charge in [-0.1, -0.05) is 23.4 Å². The Morgan fingerprint density at radius 1 is 1.12 bits per heavy atom. The fraction of sp³-hybridized carbons (Fsp3) is 0.111. The van der Waals surface area contributed by atoms with Gasteiger partial charge in [-0.15, -0.1) is 5.10 Å². The van der Waals surface area contributed by atoms with Crippen LogP contribution in [-0.4, -0.2) is 25.9 Å². The molecule has 0 unspecified atom stereocenters. The Bertz CT molecular complexity index is 1140. The normalized spacial score (nSPS) is 12.4. The number of hydrogen-bond donors (Lipinski definition) is 2. The van der Waals surface area contributed by atoms with Crippen LogP contribution < -0.4 is 10.9 Å². The van der Waals surface area contributed by atoms with E-state index >= 15 is 0 Å². The molecule has 2 aromatic heterocycles. The van der Waals surface area contributed by atoms with Crippen molar-refractivity contribution in [3.63, 3.8) is 0 Å². The molecule has 0 saturated heterocycles. The maximum Gasteiger partial charge on any atom is 0.278 e. The van der Waals surface area contributed by atoms with Crippen molar-refractivity contribution < 1.29 is 4.79 Å². The molecule has 0 fully saturated rings. The van der Waals surface area contributed by atoms with Crippen molar-refractivity contribution in [2.45, 2.75) is 13.0 Å².